The number of halogens is 2. The number of pyridine rings is 1. The van der Waals surface area contributed by atoms with Crippen molar-refractivity contribution < 1.29 is 0 Å². The minimum atomic E-state index is 0.454. The number of nitrogens with zero attached hydrogens (tertiary/aromatic N) is 1. The Morgan fingerprint density at radius 3 is 2.80 bits per heavy atom. The van der Waals surface area contributed by atoms with E-state index in [9.17, 15) is 0 Å². The predicted molar refractivity (Wildman–Crippen MR) is 63.6 cm³/mol. The standard InChI is InChI=1S/C11H6Cl2N2/c12-8-3-1-2-6-7-4-5-14-10(7)11(13)15-9(6)8/h1-5,14H. The summed E-state index contributed by atoms with van der Waals surface area (Å²) in [6.45, 7) is 0. The maximum atomic E-state index is 6.07. The Bertz CT molecular complexity index is 658. The zero-order valence-corrected chi connectivity index (χ0v) is 9.10. The molecule has 2 aromatic heterocycles. The number of aromatic amines is 1. The summed E-state index contributed by atoms with van der Waals surface area (Å²) in [6, 6.07) is 7.68. The van der Waals surface area contributed by atoms with Gasteiger partial charge in [0.05, 0.1) is 16.1 Å². The summed E-state index contributed by atoms with van der Waals surface area (Å²) in [5.41, 5.74) is 1.60. The molecule has 0 aliphatic carbocycles. The van der Waals surface area contributed by atoms with Gasteiger partial charge in [0.2, 0.25) is 0 Å². The fourth-order valence-electron chi connectivity index (χ4n) is 1.76. The molecule has 2 nitrogen and oxygen atoms in total. The molecule has 4 heteroatoms. The Kier molecular flexibility index (Phi) is 1.87. The second kappa shape index (κ2) is 3.12. The van der Waals surface area contributed by atoms with Crippen LogP contribution in [0.3, 0.4) is 0 Å². The zero-order valence-electron chi connectivity index (χ0n) is 7.59. The van der Waals surface area contributed by atoms with Crippen LogP contribution in [-0.4, -0.2) is 9.97 Å². The third kappa shape index (κ3) is 1.22. The van der Waals surface area contributed by atoms with Gasteiger partial charge in [0.25, 0.3) is 0 Å². The van der Waals surface area contributed by atoms with Gasteiger partial charge in [-0.3, -0.25) is 0 Å². The topological polar surface area (TPSA) is 28.7 Å². The van der Waals surface area contributed by atoms with Crippen molar-refractivity contribution >= 4 is 45.0 Å². The van der Waals surface area contributed by atoms with Crippen LogP contribution in [0.5, 0.6) is 0 Å². The lowest BCUT2D eigenvalue weighted by Crippen LogP contribution is -1.83. The minimum absolute atomic E-state index is 0.454. The molecule has 15 heavy (non-hydrogen) atoms. The minimum Gasteiger partial charge on any atom is -0.359 e. The van der Waals surface area contributed by atoms with E-state index in [-0.39, 0.29) is 0 Å². The van der Waals surface area contributed by atoms with Gasteiger partial charge in [-0.05, 0) is 12.1 Å². The van der Waals surface area contributed by atoms with Gasteiger partial charge >= 0.3 is 0 Å². The lowest BCUT2D eigenvalue weighted by atomic mass is 10.1. The van der Waals surface area contributed by atoms with Crippen molar-refractivity contribution in [3.63, 3.8) is 0 Å². The SMILES string of the molecule is Clc1cccc2c1nc(Cl)c1[nH]ccc12. The van der Waals surface area contributed by atoms with Crippen LogP contribution in [0.25, 0.3) is 21.8 Å². The molecule has 0 amide bonds. The molecule has 0 saturated carbocycles. The Labute approximate surface area is 95.8 Å². The molecular formula is C11H6Cl2N2. The summed E-state index contributed by atoms with van der Waals surface area (Å²) in [5.74, 6) is 0. The first kappa shape index (κ1) is 9.01. The van der Waals surface area contributed by atoms with E-state index >= 15 is 0 Å². The first-order chi connectivity index (χ1) is 7.27. The van der Waals surface area contributed by atoms with Gasteiger partial charge in [-0.15, -0.1) is 0 Å². The number of benzene rings is 1. The summed E-state index contributed by atoms with van der Waals surface area (Å²) in [6.07, 6.45) is 1.85. The van der Waals surface area contributed by atoms with Crippen LogP contribution in [-0.2, 0) is 0 Å². The lowest BCUT2D eigenvalue weighted by Gasteiger charge is -2.02. The van der Waals surface area contributed by atoms with Gasteiger partial charge in [0.15, 0.2) is 5.15 Å². The number of nitrogens with one attached hydrogen (secondary N) is 1. The summed E-state index contributed by atoms with van der Waals surface area (Å²) in [5, 5.41) is 3.14. The number of rotatable bonds is 0. The van der Waals surface area contributed by atoms with Crippen LogP contribution in [0.4, 0.5) is 0 Å². The van der Waals surface area contributed by atoms with E-state index in [1.807, 2.05) is 30.5 Å². The smallest absolute Gasteiger partial charge is 0.153 e. The summed E-state index contributed by atoms with van der Waals surface area (Å²) in [4.78, 5) is 7.34. The van der Waals surface area contributed by atoms with Gasteiger partial charge in [0, 0.05) is 17.0 Å². The quantitative estimate of drug-likeness (QED) is 0.587. The molecule has 0 atom stereocenters. The molecule has 1 aromatic carbocycles. The second-order valence-electron chi connectivity index (χ2n) is 3.30. The van der Waals surface area contributed by atoms with E-state index in [4.69, 9.17) is 23.2 Å². The van der Waals surface area contributed by atoms with E-state index in [0.29, 0.717) is 10.2 Å². The van der Waals surface area contributed by atoms with Crippen molar-refractivity contribution in [2.45, 2.75) is 0 Å². The highest BCUT2D eigenvalue weighted by atomic mass is 35.5. The van der Waals surface area contributed by atoms with Crippen LogP contribution >= 0.6 is 23.2 Å². The number of hydrogen-bond acceptors (Lipinski definition) is 1. The Hall–Kier alpha value is -1.25. The number of H-pyrrole nitrogens is 1. The molecule has 0 bridgehead atoms. The van der Waals surface area contributed by atoms with E-state index in [1.54, 1.807) is 0 Å². The maximum Gasteiger partial charge on any atom is 0.153 e. The van der Waals surface area contributed by atoms with Gasteiger partial charge in [-0.1, -0.05) is 35.3 Å². The van der Waals surface area contributed by atoms with Crippen molar-refractivity contribution in [1.82, 2.24) is 9.97 Å². The monoisotopic (exact) mass is 236 g/mol. The van der Waals surface area contributed by atoms with Crippen molar-refractivity contribution in [2.75, 3.05) is 0 Å². The van der Waals surface area contributed by atoms with Crippen molar-refractivity contribution in [3.05, 3.63) is 40.6 Å². The molecule has 3 aromatic rings. The molecule has 2 heterocycles. The van der Waals surface area contributed by atoms with Crippen LogP contribution < -0.4 is 0 Å². The number of para-hydroxylation sites is 1. The molecule has 0 spiro atoms. The Balaban J connectivity index is 2.66. The van der Waals surface area contributed by atoms with E-state index in [0.717, 1.165) is 21.8 Å². The molecule has 3 rings (SSSR count). The maximum absolute atomic E-state index is 6.07. The number of fused-ring (bicyclic) bond motifs is 3. The highest BCUT2D eigenvalue weighted by Gasteiger charge is 2.09. The molecule has 0 saturated heterocycles. The van der Waals surface area contributed by atoms with Crippen LogP contribution in [0.15, 0.2) is 30.5 Å². The van der Waals surface area contributed by atoms with Crippen LogP contribution in [0.1, 0.15) is 0 Å². The van der Waals surface area contributed by atoms with E-state index < -0.39 is 0 Å². The second-order valence-corrected chi connectivity index (χ2v) is 4.07. The largest absolute Gasteiger partial charge is 0.359 e. The fraction of sp³-hybridized carbons (Fsp3) is 0. The molecule has 0 unspecified atom stereocenters. The predicted octanol–water partition coefficient (Wildman–Crippen LogP) is 4.02. The molecule has 74 valence electrons. The van der Waals surface area contributed by atoms with Crippen LogP contribution in [0.2, 0.25) is 10.2 Å². The van der Waals surface area contributed by atoms with Crippen molar-refractivity contribution in [3.8, 4) is 0 Å². The first-order valence-electron chi connectivity index (χ1n) is 4.48. The lowest BCUT2D eigenvalue weighted by molar-refractivity contribution is 1.39. The normalized spacial score (nSPS) is 11.3. The molecule has 0 aliphatic heterocycles. The number of aromatic nitrogens is 2. The molecular weight excluding hydrogens is 231 g/mol. The summed E-state index contributed by atoms with van der Waals surface area (Å²) < 4.78 is 0. The third-order valence-electron chi connectivity index (χ3n) is 2.44. The van der Waals surface area contributed by atoms with Gasteiger partial charge in [-0.2, -0.15) is 0 Å². The Morgan fingerprint density at radius 2 is 1.93 bits per heavy atom. The van der Waals surface area contributed by atoms with Crippen molar-refractivity contribution in [1.29, 1.82) is 0 Å². The van der Waals surface area contributed by atoms with Gasteiger partial charge in [-0.25, -0.2) is 4.98 Å². The highest BCUT2D eigenvalue weighted by Crippen LogP contribution is 2.31. The van der Waals surface area contributed by atoms with Gasteiger partial charge < -0.3 is 4.98 Å². The van der Waals surface area contributed by atoms with E-state index in [2.05, 4.69) is 9.97 Å². The zero-order chi connectivity index (χ0) is 10.4. The highest BCUT2D eigenvalue weighted by molar-refractivity contribution is 6.38. The fourth-order valence-corrected chi connectivity index (χ4v) is 2.22. The first-order valence-corrected chi connectivity index (χ1v) is 5.24. The van der Waals surface area contributed by atoms with Crippen LogP contribution in [0, 0.1) is 0 Å². The Morgan fingerprint density at radius 1 is 1.07 bits per heavy atom. The molecule has 0 fully saturated rings. The summed E-state index contributed by atoms with van der Waals surface area (Å²) in [7, 11) is 0. The molecule has 0 radical (unpaired) electrons. The average molecular weight is 237 g/mol. The average Bonchev–Trinajstić information content (AvgIpc) is 2.69. The van der Waals surface area contributed by atoms with E-state index in [1.165, 1.54) is 0 Å². The summed E-state index contributed by atoms with van der Waals surface area (Å²) >= 11 is 12.1. The molecule has 0 aliphatic rings. The van der Waals surface area contributed by atoms with Crippen molar-refractivity contribution in [2.24, 2.45) is 0 Å². The third-order valence-corrected chi connectivity index (χ3v) is 3.02. The molecule has 1 N–H and O–H groups in total. The number of hydrogen-bond donors (Lipinski definition) is 1. The van der Waals surface area contributed by atoms with Gasteiger partial charge in [0.1, 0.15) is 0 Å².